The average molecular weight is 413 g/mol. The number of hydrogen-bond acceptors (Lipinski definition) is 5. The molecule has 4 unspecified atom stereocenters. The van der Waals surface area contributed by atoms with Gasteiger partial charge >= 0.3 is 0 Å². The minimum atomic E-state index is -1.13. The molecule has 30 heavy (non-hydrogen) atoms. The van der Waals surface area contributed by atoms with E-state index in [0.717, 1.165) is 0 Å². The molecule has 5 heteroatoms. The van der Waals surface area contributed by atoms with Crippen LogP contribution in [-0.2, 0) is 11.2 Å². The molecule has 2 saturated carbocycles. The molecular formula is C25H32O5. The van der Waals surface area contributed by atoms with Crippen molar-refractivity contribution >= 4 is 11.9 Å². The molecule has 162 valence electrons. The van der Waals surface area contributed by atoms with Crippen LogP contribution in [0, 0.1) is 16.7 Å². The van der Waals surface area contributed by atoms with Gasteiger partial charge in [0.15, 0.2) is 5.43 Å². The summed E-state index contributed by atoms with van der Waals surface area (Å²) in [7, 11) is 0. The Hall–Kier alpha value is -2.14. The van der Waals surface area contributed by atoms with Gasteiger partial charge in [-0.1, -0.05) is 39.0 Å². The smallest absolute Gasteiger partial charge is 0.292 e. The first-order valence-electron chi connectivity index (χ1n) is 10.9. The molecule has 2 heterocycles. The van der Waals surface area contributed by atoms with Gasteiger partial charge in [0.05, 0.1) is 16.6 Å². The molecule has 5 nitrogen and oxygen atoms in total. The SMILES string of the molecule is CC=CC=Cc1cc(=O)c2c(o1)OC1(C)CCC3(O)C(C)(C)C(=O)CCC3(C)C1C2. The Morgan fingerprint density at radius 2 is 1.83 bits per heavy atom. The summed E-state index contributed by atoms with van der Waals surface area (Å²) in [5, 5.41) is 11.9. The third-order valence-corrected chi connectivity index (χ3v) is 8.36. The highest BCUT2D eigenvalue weighted by Crippen LogP contribution is 2.65. The van der Waals surface area contributed by atoms with Crippen LogP contribution >= 0.6 is 0 Å². The Bertz CT molecular complexity index is 999. The van der Waals surface area contributed by atoms with Crippen LogP contribution in [0.1, 0.15) is 71.6 Å². The van der Waals surface area contributed by atoms with Crippen LogP contribution in [0.5, 0.6) is 5.95 Å². The molecule has 1 aromatic heterocycles. The fraction of sp³-hybridized carbons (Fsp3) is 0.600. The zero-order valence-electron chi connectivity index (χ0n) is 18.6. The monoisotopic (exact) mass is 412 g/mol. The van der Waals surface area contributed by atoms with Gasteiger partial charge in [-0.05, 0) is 45.6 Å². The molecule has 1 N–H and O–H groups in total. The summed E-state index contributed by atoms with van der Waals surface area (Å²) in [5.41, 5.74) is -2.63. The fourth-order valence-corrected chi connectivity index (χ4v) is 6.28. The number of Topliss-reactive ketones (excluding diaryl/α,β-unsaturated/α-hetero) is 1. The molecule has 1 aliphatic heterocycles. The fourth-order valence-electron chi connectivity index (χ4n) is 6.28. The molecular weight excluding hydrogens is 380 g/mol. The second-order valence-corrected chi connectivity index (χ2v) is 10.2. The molecule has 0 aromatic carbocycles. The Morgan fingerprint density at radius 3 is 2.53 bits per heavy atom. The number of aliphatic hydroxyl groups is 1. The van der Waals surface area contributed by atoms with Gasteiger partial charge in [-0.25, -0.2) is 0 Å². The number of allylic oxidation sites excluding steroid dienone is 3. The van der Waals surface area contributed by atoms with Crippen LogP contribution in [0.25, 0.3) is 6.08 Å². The van der Waals surface area contributed by atoms with Crippen molar-refractivity contribution in [3.05, 3.63) is 45.8 Å². The first kappa shape index (κ1) is 21.1. The number of fused-ring (bicyclic) bond motifs is 4. The van der Waals surface area contributed by atoms with Gasteiger partial charge in [-0.3, -0.25) is 9.59 Å². The van der Waals surface area contributed by atoms with Crippen molar-refractivity contribution in [1.29, 1.82) is 0 Å². The van der Waals surface area contributed by atoms with E-state index in [1.165, 1.54) is 6.07 Å². The number of hydrogen-bond donors (Lipinski definition) is 1. The predicted molar refractivity (Wildman–Crippen MR) is 115 cm³/mol. The lowest BCUT2D eigenvalue weighted by Gasteiger charge is -2.66. The summed E-state index contributed by atoms with van der Waals surface area (Å²) in [5.74, 6) is 0.777. The van der Waals surface area contributed by atoms with Crippen LogP contribution < -0.4 is 10.2 Å². The zero-order chi connectivity index (χ0) is 21.9. The van der Waals surface area contributed by atoms with E-state index in [9.17, 15) is 14.7 Å². The summed E-state index contributed by atoms with van der Waals surface area (Å²) in [6.45, 7) is 9.78. The number of rotatable bonds is 2. The van der Waals surface area contributed by atoms with E-state index in [2.05, 4.69) is 13.8 Å². The number of ketones is 1. The average Bonchev–Trinajstić information content (AvgIpc) is 2.67. The van der Waals surface area contributed by atoms with Crippen molar-refractivity contribution in [3.8, 4) is 5.95 Å². The van der Waals surface area contributed by atoms with Gasteiger partial charge in [0, 0.05) is 23.8 Å². The molecule has 0 spiro atoms. The summed E-state index contributed by atoms with van der Waals surface area (Å²) in [6.07, 6.45) is 9.93. The third-order valence-electron chi connectivity index (χ3n) is 8.36. The van der Waals surface area contributed by atoms with Crippen LogP contribution in [-0.4, -0.2) is 22.1 Å². The molecule has 2 fully saturated rings. The summed E-state index contributed by atoms with van der Waals surface area (Å²) >= 11 is 0. The Kier molecular flexibility index (Phi) is 4.70. The van der Waals surface area contributed by atoms with Crippen molar-refractivity contribution in [3.63, 3.8) is 0 Å². The minimum Gasteiger partial charge on any atom is -0.458 e. The second-order valence-electron chi connectivity index (χ2n) is 10.2. The van der Waals surface area contributed by atoms with Crippen LogP contribution in [0.2, 0.25) is 0 Å². The van der Waals surface area contributed by atoms with Gasteiger partial charge < -0.3 is 14.3 Å². The molecule has 2 aliphatic carbocycles. The van der Waals surface area contributed by atoms with Crippen LogP contribution in [0.3, 0.4) is 0 Å². The minimum absolute atomic E-state index is 0.0871. The lowest BCUT2D eigenvalue weighted by atomic mass is 9.42. The number of carbonyl (C=O) groups is 1. The van der Waals surface area contributed by atoms with Crippen molar-refractivity contribution in [1.82, 2.24) is 0 Å². The van der Waals surface area contributed by atoms with E-state index in [0.29, 0.717) is 49.4 Å². The number of ether oxygens (including phenoxy) is 1. The lowest BCUT2D eigenvalue weighted by molar-refractivity contribution is -0.256. The normalized spacial score (nSPS) is 37.5. The highest BCUT2D eigenvalue weighted by atomic mass is 16.6. The van der Waals surface area contributed by atoms with E-state index in [4.69, 9.17) is 9.15 Å². The Labute approximate surface area is 177 Å². The topological polar surface area (TPSA) is 76.7 Å². The van der Waals surface area contributed by atoms with Gasteiger partial charge in [0.1, 0.15) is 17.1 Å². The molecule has 4 rings (SSSR count). The molecule has 1 aromatic rings. The van der Waals surface area contributed by atoms with E-state index < -0.39 is 22.0 Å². The highest BCUT2D eigenvalue weighted by Gasteiger charge is 2.70. The first-order valence-corrected chi connectivity index (χ1v) is 10.9. The van der Waals surface area contributed by atoms with Gasteiger partial charge in [0.25, 0.3) is 5.95 Å². The van der Waals surface area contributed by atoms with Crippen molar-refractivity contribution in [2.45, 2.75) is 77.9 Å². The largest absolute Gasteiger partial charge is 0.458 e. The maximum absolute atomic E-state index is 12.9. The standard InChI is InChI=1S/C25H32O5/c1-6-7-8-9-16-14-18(26)17-15-19-23(4)11-10-20(27)22(2,3)25(23,28)13-12-24(19,5)30-21(17)29-16/h6-9,14,19,28H,10-13,15H2,1-5H3. The second kappa shape index (κ2) is 6.68. The molecule has 0 bridgehead atoms. The Balaban J connectivity index is 1.78. The van der Waals surface area contributed by atoms with E-state index in [1.54, 1.807) is 6.08 Å². The summed E-state index contributed by atoms with van der Waals surface area (Å²) < 4.78 is 12.3. The van der Waals surface area contributed by atoms with E-state index in [1.807, 2.05) is 39.0 Å². The van der Waals surface area contributed by atoms with Gasteiger partial charge in [0.2, 0.25) is 0 Å². The van der Waals surface area contributed by atoms with Crippen molar-refractivity contribution in [2.75, 3.05) is 0 Å². The highest BCUT2D eigenvalue weighted by molar-refractivity contribution is 5.86. The molecule has 3 aliphatic rings. The lowest BCUT2D eigenvalue weighted by Crippen LogP contribution is -2.72. The third kappa shape index (κ3) is 2.71. The molecule has 0 amide bonds. The van der Waals surface area contributed by atoms with Crippen LogP contribution in [0.15, 0.2) is 33.5 Å². The van der Waals surface area contributed by atoms with E-state index in [-0.39, 0.29) is 17.1 Å². The predicted octanol–water partition coefficient (Wildman–Crippen LogP) is 4.46. The Morgan fingerprint density at radius 1 is 1.10 bits per heavy atom. The van der Waals surface area contributed by atoms with Crippen molar-refractivity contribution < 1.29 is 19.1 Å². The maximum atomic E-state index is 12.9. The zero-order valence-corrected chi connectivity index (χ0v) is 18.6. The first-order chi connectivity index (χ1) is 14.0. The maximum Gasteiger partial charge on any atom is 0.292 e. The van der Waals surface area contributed by atoms with Crippen LogP contribution in [0.4, 0.5) is 0 Å². The molecule has 0 saturated heterocycles. The van der Waals surface area contributed by atoms with Gasteiger partial charge in [-0.15, -0.1) is 0 Å². The van der Waals surface area contributed by atoms with Gasteiger partial charge in [-0.2, -0.15) is 0 Å². The summed E-state index contributed by atoms with van der Waals surface area (Å²) in [6, 6.07) is 1.50. The summed E-state index contributed by atoms with van der Waals surface area (Å²) in [4.78, 5) is 25.6. The molecule has 4 atom stereocenters. The van der Waals surface area contributed by atoms with Crippen molar-refractivity contribution in [2.24, 2.45) is 16.7 Å². The molecule has 0 radical (unpaired) electrons. The quantitative estimate of drug-likeness (QED) is 0.726. The van der Waals surface area contributed by atoms with E-state index >= 15 is 0 Å². The number of carbonyl (C=O) groups excluding carboxylic acids is 1.